The monoisotopic (exact) mass is 330 g/mol. The molecular formula is C21H22N4. The van der Waals surface area contributed by atoms with Gasteiger partial charge in [0.1, 0.15) is 0 Å². The summed E-state index contributed by atoms with van der Waals surface area (Å²) < 4.78 is 2.01. The molecule has 0 aliphatic rings. The number of allylic oxidation sites excluding steroid dienone is 1. The van der Waals surface area contributed by atoms with Crippen molar-refractivity contribution in [1.82, 2.24) is 9.55 Å². The smallest absolute Gasteiger partial charge is 0.0966 e. The molecule has 0 N–H and O–H groups in total. The van der Waals surface area contributed by atoms with Gasteiger partial charge in [-0.1, -0.05) is 24.3 Å². The maximum atomic E-state index is 9.52. The first-order chi connectivity index (χ1) is 12.2. The lowest BCUT2D eigenvalue weighted by Gasteiger charge is -2.20. The number of nitriles is 1. The lowest BCUT2D eigenvalue weighted by Crippen LogP contribution is -2.21. The Kier molecular flexibility index (Phi) is 5.15. The molecule has 0 saturated heterocycles. The highest BCUT2D eigenvalue weighted by Crippen LogP contribution is 2.18. The van der Waals surface area contributed by atoms with E-state index in [1.807, 2.05) is 34.9 Å². The number of benzene rings is 2. The van der Waals surface area contributed by atoms with Gasteiger partial charge in [-0.25, -0.2) is 4.98 Å². The van der Waals surface area contributed by atoms with Crippen molar-refractivity contribution in [2.45, 2.75) is 20.4 Å². The van der Waals surface area contributed by atoms with Crippen molar-refractivity contribution < 1.29 is 0 Å². The van der Waals surface area contributed by atoms with Crippen molar-refractivity contribution in [2.24, 2.45) is 0 Å². The Balaban J connectivity index is 1.82. The highest BCUT2D eigenvalue weighted by atomic mass is 15.1. The summed E-state index contributed by atoms with van der Waals surface area (Å²) in [7, 11) is 0. The molecule has 0 radical (unpaired) electrons. The van der Waals surface area contributed by atoms with Crippen molar-refractivity contribution in [2.75, 3.05) is 18.0 Å². The summed E-state index contributed by atoms with van der Waals surface area (Å²) in [5, 5.41) is 9.52. The van der Waals surface area contributed by atoms with Crippen LogP contribution >= 0.6 is 0 Å². The van der Waals surface area contributed by atoms with Crippen LogP contribution in [-0.4, -0.2) is 22.6 Å². The second-order valence-electron chi connectivity index (χ2n) is 5.91. The van der Waals surface area contributed by atoms with Crippen LogP contribution in [0.2, 0.25) is 0 Å². The third-order valence-electron chi connectivity index (χ3n) is 4.37. The van der Waals surface area contributed by atoms with Crippen molar-refractivity contribution in [1.29, 1.82) is 5.26 Å². The molecule has 1 aromatic heterocycles. The van der Waals surface area contributed by atoms with Gasteiger partial charge in [-0.2, -0.15) is 5.26 Å². The molecule has 1 heterocycles. The molecule has 3 aromatic rings. The zero-order valence-corrected chi connectivity index (χ0v) is 14.7. The summed E-state index contributed by atoms with van der Waals surface area (Å²) in [6.07, 6.45) is 3.74. The van der Waals surface area contributed by atoms with Crippen LogP contribution in [0.15, 0.2) is 60.4 Å². The Morgan fingerprint density at radius 2 is 1.84 bits per heavy atom. The van der Waals surface area contributed by atoms with E-state index in [4.69, 9.17) is 0 Å². The van der Waals surface area contributed by atoms with Gasteiger partial charge >= 0.3 is 0 Å². The highest BCUT2D eigenvalue weighted by molar-refractivity contribution is 5.75. The summed E-state index contributed by atoms with van der Waals surface area (Å²) in [6, 6.07) is 18.6. The number of aromatic nitrogens is 2. The summed E-state index contributed by atoms with van der Waals surface area (Å²) >= 11 is 0. The average molecular weight is 330 g/mol. The van der Waals surface area contributed by atoms with Gasteiger partial charge in [0, 0.05) is 24.4 Å². The number of hydrogen-bond acceptors (Lipinski definition) is 3. The van der Waals surface area contributed by atoms with Crippen LogP contribution in [0, 0.1) is 11.3 Å². The third kappa shape index (κ3) is 3.72. The fraction of sp³-hybridized carbons (Fsp3) is 0.238. The second-order valence-corrected chi connectivity index (χ2v) is 5.91. The first-order valence-electron chi connectivity index (χ1n) is 8.60. The van der Waals surface area contributed by atoms with Crippen LogP contribution in [0.3, 0.4) is 0 Å². The molecule has 0 saturated carbocycles. The summed E-state index contributed by atoms with van der Waals surface area (Å²) in [5.41, 5.74) is 4.95. The van der Waals surface area contributed by atoms with Gasteiger partial charge in [-0.05, 0) is 49.8 Å². The number of rotatable bonds is 6. The second kappa shape index (κ2) is 7.67. The zero-order valence-electron chi connectivity index (χ0n) is 14.7. The first kappa shape index (κ1) is 16.8. The number of fused-ring (bicyclic) bond motifs is 1. The van der Waals surface area contributed by atoms with Crippen LogP contribution < -0.4 is 4.90 Å². The van der Waals surface area contributed by atoms with Crippen LogP contribution in [0.4, 0.5) is 5.69 Å². The van der Waals surface area contributed by atoms with Crippen molar-refractivity contribution >= 4 is 22.8 Å². The summed E-state index contributed by atoms with van der Waals surface area (Å²) in [5.74, 6) is 0. The maximum Gasteiger partial charge on any atom is 0.0966 e. The Labute approximate surface area is 148 Å². The Morgan fingerprint density at radius 3 is 2.52 bits per heavy atom. The number of imidazole rings is 1. The standard InChI is InChI=1S/C21H22N4/c1-3-24(4-2)19-11-9-17(10-12-19)13-18(14-22)15-25-16-23-20-7-5-6-8-21(20)25/h5-13,16H,3-4,15H2,1-2H3/b18-13-. The lowest BCUT2D eigenvalue weighted by atomic mass is 10.1. The molecular weight excluding hydrogens is 308 g/mol. The number of para-hydroxylation sites is 2. The van der Waals surface area contributed by atoms with E-state index in [2.05, 4.69) is 54.1 Å². The van der Waals surface area contributed by atoms with E-state index in [0.717, 1.165) is 29.7 Å². The third-order valence-corrected chi connectivity index (χ3v) is 4.37. The fourth-order valence-electron chi connectivity index (χ4n) is 3.00. The van der Waals surface area contributed by atoms with Gasteiger partial charge < -0.3 is 9.47 Å². The van der Waals surface area contributed by atoms with Crippen LogP contribution in [0.1, 0.15) is 19.4 Å². The maximum absolute atomic E-state index is 9.52. The quantitative estimate of drug-likeness (QED) is 0.626. The van der Waals surface area contributed by atoms with E-state index in [9.17, 15) is 5.26 Å². The zero-order chi connectivity index (χ0) is 17.6. The topological polar surface area (TPSA) is 44.9 Å². The normalized spacial score (nSPS) is 11.5. The van der Waals surface area contributed by atoms with Gasteiger partial charge in [0.05, 0.1) is 30.0 Å². The van der Waals surface area contributed by atoms with Crippen molar-refractivity contribution in [3.05, 3.63) is 66.0 Å². The molecule has 0 atom stereocenters. The number of anilines is 1. The predicted molar refractivity (Wildman–Crippen MR) is 103 cm³/mol. The van der Waals surface area contributed by atoms with E-state index in [0.29, 0.717) is 12.1 Å². The van der Waals surface area contributed by atoms with Crippen molar-refractivity contribution in [3.8, 4) is 6.07 Å². The fourth-order valence-corrected chi connectivity index (χ4v) is 3.00. The molecule has 0 fully saturated rings. The lowest BCUT2D eigenvalue weighted by molar-refractivity contribution is 0.830. The SMILES string of the molecule is CCN(CC)c1ccc(/C=C(/C#N)Cn2cnc3ccccc32)cc1. The molecule has 0 spiro atoms. The molecule has 0 unspecified atom stereocenters. The molecule has 25 heavy (non-hydrogen) atoms. The molecule has 0 aliphatic heterocycles. The van der Waals surface area contributed by atoms with Crippen LogP contribution in [0.25, 0.3) is 17.1 Å². The summed E-state index contributed by atoms with van der Waals surface area (Å²) in [6.45, 7) is 6.81. The van der Waals surface area contributed by atoms with Gasteiger partial charge in [0.15, 0.2) is 0 Å². The molecule has 0 bridgehead atoms. The Morgan fingerprint density at radius 1 is 1.12 bits per heavy atom. The highest BCUT2D eigenvalue weighted by Gasteiger charge is 2.05. The number of nitrogens with zero attached hydrogens (tertiary/aromatic N) is 4. The van der Waals surface area contributed by atoms with E-state index in [-0.39, 0.29) is 0 Å². The van der Waals surface area contributed by atoms with E-state index in [1.54, 1.807) is 6.33 Å². The number of hydrogen-bond donors (Lipinski definition) is 0. The minimum absolute atomic E-state index is 0.523. The van der Waals surface area contributed by atoms with Gasteiger partial charge in [0.25, 0.3) is 0 Å². The molecule has 3 rings (SSSR count). The van der Waals surface area contributed by atoms with E-state index in [1.165, 1.54) is 5.69 Å². The van der Waals surface area contributed by atoms with Crippen molar-refractivity contribution in [3.63, 3.8) is 0 Å². The minimum Gasteiger partial charge on any atom is -0.372 e. The Hall–Kier alpha value is -3.06. The molecule has 0 amide bonds. The summed E-state index contributed by atoms with van der Waals surface area (Å²) in [4.78, 5) is 6.69. The largest absolute Gasteiger partial charge is 0.372 e. The molecule has 4 nitrogen and oxygen atoms in total. The van der Waals surface area contributed by atoms with Crippen LogP contribution in [-0.2, 0) is 6.54 Å². The molecule has 126 valence electrons. The molecule has 0 aliphatic carbocycles. The molecule has 2 aromatic carbocycles. The van der Waals surface area contributed by atoms with Crippen LogP contribution in [0.5, 0.6) is 0 Å². The van der Waals surface area contributed by atoms with Gasteiger partial charge in [-0.3, -0.25) is 0 Å². The van der Waals surface area contributed by atoms with Gasteiger partial charge in [-0.15, -0.1) is 0 Å². The predicted octanol–water partition coefficient (Wildman–Crippen LogP) is 4.49. The average Bonchev–Trinajstić information content (AvgIpc) is 3.06. The minimum atomic E-state index is 0.523. The molecule has 4 heteroatoms. The van der Waals surface area contributed by atoms with E-state index >= 15 is 0 Å². The first-order valence-corrected chi connectivity index (χ1v) is 8.60. The van der Waals surface area contributed by atoms with E-state index < -0.39 is 0 Å². The Bertz CT molecular complexity index is 909. The van der Waals surface area contributed by atoms with Gasteiger partial charge in [0.2, 0.25) is 0 Å².